The van der Waals surface area contributed by atoms with Gasteiger partial charge in [0.05, 0.1) is 6.04 Å². The second kappa shape index (κ2) is 6.78. The number of likely N-dealkylation sites (N-methyl/N-ethyl adjacent to an activating group) is 1. The van der Waals surface area contributed by atoms with Crippen LogP contribution in [0.15, 0.2) is 30.6 Å². The van der Waals surface area contributed by atoms with Crippen LogP contribution < -0.4 is 5.32 Å². The molecule has 3 rings (SSSR count). The molecule has 1 aliphatic heterocycles. The summed E-state index contributed by atoms with van der Waals surface area (Å²) >= 11 is 0. The van der Waals surface area contributed by atoms with Crippen molar-refractivity contribution in [3.05, 3.63) is 42.1 Å². The Labute approximate surface area is 135 Å². The van der Waals surface area contributed by atoms with Gasteiger partial charge in [0, 0.05) is 37.7 Å². The first kappa shape index (κ1) is 15.5. The van der Waals surface area contributed by atoms with E-state index in [1.807, 2.05) is 30.2 Å². The van der Waals surface area contributed by atoms with E-state index in [9.17, 15) is 4.79 Å². The van der Waals surface area contributed by atoms with Gasteiger partial charge < -0.3 is 9.88 Å². The first-order valence-corrected chi connectivity index (χ1v) is 7.90. The molecule has 2 amide bonds. The van der Waals surface area contributed by atoms with Crippen molar-refractivity contribution >= 4 is 11.8 Å². The third kappa shape index (κ3) is 3.50. The summed E-state index contributed by atoms with van der Waals surface area (Å²) in [5, 5.41) is 2.88. The van der Waals surface area contributed by atoms with Crippen molar-refractivity contribution in [3.8, 4) is 0 Å². The maximum absolute atomic E-state index is 12.5. The van der Waals surface area contributed by atoms with Gasteiger partial charge in [-0.25, -0.2) is 14.8 Å². The van der Waals surface area contributed by atoms with Crippen LogP contribution in [0, 0.1) is 6.92 Å². The monoisotopic (exact) mass is 314 g/mol. The van der Waals surface area contributed by atoms with Gasteiger partial charge in [0.25, 0.3) is 0 Å². The molecule has 0 spiro atoms. The van der Waals surface area contributed by atoms with Gasteiger partial charge in [-0.1, -0.05) is 13.0 Å². The fourth-order valence-corrected chi connectivity index (χ4v) is 2.90. The van der Waals surface area contributed by atoms with Crippen molar-refractivity contribution in [2.45, 2.75) is 19.9 Å². The highest BCUT2D eigenvalue weighted by atomic mass is 16.2. The van der Waals surface area contributed by atoms with Gasteiger partial charge in [-0.15, -0.1) is 0 Å². The van der Waals surface area contributed by atoms with Gasteiger partial charge in [0.15, 0.2) is 0 Å². The number of carbonyl (C=O) groups is 1. The number of piperazine rings is 1. The van der Waals surface area contributed by atoms with E-state index < -0.39 is 0 Å². The summed E-state index contributed by atoms with van der Waals surface area (Å²) in [6.07, 6.45) is 3.57. The molecule has 2 aromatic rings. The molecule has 7 nitrogen and oxygen atoms in total. The molecule has 0 saturated carbocycles. The molecule has 122 valence electrons. The van der Waals surface area contributed by atoms with Crippen LogP contribution in [0.4, 0.5) is 10.6 Å². The van der Waals surface area contributed by atoms with Crippen molar-refractivity contribution in [2.75, 3.05) is 31.5 Å². The molecule has 2 N–H and O–H groups in total. The lowest BCUT2D eigenvalue weighted by Gasteiger charge is -2.39. The predicted octanol–water partition coefficient (Wildman–Crippen LogP) is 2.02. The highest BCUT2D eigenvalue weighted by Gasteiger charge is 2.31. The van der Waals surface area contributed by atoms with E-state index in [0.717, 1.165) is 24.6 Å². The molecule has 7 heteroatoms. The second-order valence-electron chi connectivity index (χ2n) is 5.66. The summed E-state index contributed by atoms with van der Waals surface area (Å²) in [7, 11) is 0. The number of amides is 2. The van der Waals surface area contributed by atoms with Crippen molar-refractivity contribution < 1.29 is 4.79 Å². The van der Waals surface area contributed by atoms with Crippen molar-refractivity contribution in [1.29, 1.82) is 0 Å². The van der Waals surface area contributed by atoms with Crippen LogP contribution in [-0.4, -0.2) is 57.0 Å². The third-order valence-corrected chi connectivity index (χ3v) is 4.14. The molecule has 3 heterocycles. The Morgan fingerprint density at radius 3 is 3.00 bits per heavy atom. The maximum atomic E-state index is 12.5. The Balaban J connectivity index is 1.69. The molecule has 1 fully saturated rings. The number of imidazole rings is 1. The van der Waals surface area contributed by atoms with Crippen LogP contribution >= 0.6 is 0 Å². The normalized spacial score (nSPS) is 18.9. The first-order valence-electron chi connectivity index (χ1n) is 7.90. The minimum absolute atomic E-state index is 0.0972. The van der Waals surface area contributed by atoms with E-state index in [1.54, 1.807) is 12.3 Å². The Bertz CT molecular complexity index is 656. The number of urea groups is 1. The molecule has 0 aliphatic carbocycles. The molecule has 2 aromatic heterocycles. The average molecular weight is 314 g/mol. The fraction of sp³-hybridized carbons (Fsp3) is 0.438. The minimum Gasteiger partial charge on any atom is -0.347 e. The van der Waals surface area contributed by atoms with E-state index >= 15 is 0 Å². The Kier molecular flexibility index (Phi) is 4.57. The molecule has 0 bridgehead atoms. The van der Waals surface area contributed by atoms with Gasteiger partial charge >= 0.3 is 6.03 Å². The lowest BCUT2D eigenvalue weighted by molar-refractivity contribution is 0.0946. The summed E-state index contributed by atoms with van der Waals surface area (Å²) in [6, 6.07) is 5.58. The number of rotatable bonds is 3. The SMILES string of the molecule is CCN1CCN(C(=O)Nc2cccc(C)n2)C[C@H]1c1ncc[nH]1. The summed E-state index contributed by atoms with van der Waals surface area (Å²) < 4.78 is 0. The standard InChI is InChI=1S/C16H22N6O/c1-3-21-9-10-22(11-13(21)15-17-7-8-18-15)16(23)20-14-6-4-5-12(2)19-14/h4-8,13H,3,9-11H2,1-2H3,(H,17,18)(H,19,20,23)/t13-/m0/s1. The van der Waals surface area contributed by atoms with Gasteiger partial charge in [-0.05, 0) is 25.6 Å². The summed E-state index contributed by atoms with van der Waals surface area (Å²) in [5.41, 5.74) is 0.882. The highest BCUT2D eigenvalue weighted by molar-refractivity contribution is 5.88. The van der Waals surface area contributed by atoms with Gasteiger partial charge in [0.2, 0.25) is 0 Å². The van der Waals surface area contributed by atoms with E-state index in [0.29, 0.717) is 18.9 Å². The molecule has 1 atom stereocenters. The largest absolute Gasteiger partial charge is 0.347 e. The second-order valence-corrected chi connectivity index (χ2v) is 5.66. The Morgan fingerprint density at radius 1 is 1.43 bits per heavy atom. The summed E-state index contributed by atoms with van der Waals surface area (Å²) in [6.45, 7) is 7.10. The number of aromatic amines is 1. The van der Waals surface area contributed by atoms with Gasteiger partial charge in [-0.3, -0.25) is 10.2 Å². The summed E-state index contributed by atoms with van der Waals surface area (Å²) in [4.78, 5) is 28.5. The van der Waals surface area contributed by atoms with Crippen LogP contribution in [0.5, 0.6) is 0 Å². The van der Waals surface area contributed by atoms with E-state index in [2.05, 4.69) is 32.1 Å². The van der Waals surface area contributed by atoms with Crippen LogP contribution in [0.25, 0.3) is 0 Å². The number of carbonyl (C=O) groups excluding carboxylic acids is 1. The zero-order valence-corrected chi connectivity index (χ0v) is 13.5. The average Bonchev–Trinajstić information content (AvgIpc) is 3.08. The van der Waals surface area contributed by atoms with Gasteiger partial charge in [-0.2, -0.15) is 0 Å². The highest BCUT2D eigenvalue weighted by Crippen LogP contribution is 2.22. The zero-order valence-electron chi connectivity index (χ0n) is 13.5. The Hall–Kier alpha value is -2.41. The molecule has 0 aromatic carbocycles. The number of anilines is 1. The predicted molar refractivity (Wildman–Crippen MR) is 88.1 cm³/mol. The van der Waals surface area contributed by atoms with E-state index in [1.165, 1.54) is 0 Å². The molecule has 1 saturated heterocycles. The fourth-order valence-electron chi connectivity index (χ4n) is 2.90. The van der Waals surface area contributed by atoms with E-state index in [4.69, 9.17) is 0 Å². The lowest BCUT2D eigenvalue weighted by atomic mass is 10.1. The number of nitrogens with one attached hydrogen (secondary N) is 2. The van der Waals surface area contributed by atoms with Crippen LogP contribution in [-0.2, 0) is 0 Å². The summed E-state index contributed by atoms with van der Waals surface area (Å²) in [5.74, 6) is 1.49. The number of aromatic nitrogens is 3. The molecule has 1 aliphatic rings. The number of aryl methyl sites for hydroxylation is 1. The number of hydrogen-bond acceptors (Lipinski definition) is 4. The van der Waals surface area contributed by atoms with Crippen molar-refractivity contribution in [2.24, 2.45) is 0 Å². The first-order chi connectivity index (χ1) is 11.2. The Morgan fingerprint density at radius 2 is 2.30 bits per heavy atom. The molecule has 0 radical (unpaired) electrons. The molecule has 0 unspecified atom stereocenters. The quantitative estimate of drug-likeness (QED) is 0.908. The molecular formula is C16H22N6O. The number of nitrogens with zero attached hydrogens (tertiary/aromatic N) is 4. The third-order valence-electron chi connectivity index (χ3n) is 4.14. The van der Waals surface area contributed by atoms with Gasteiger partial charge in [0.1, 0.15) is 11.6 Å². The maximum Gasteiger partial charge on any atom is 0.323 e. The number of H-pyrrole nitrogens is 1. The van der Waals surface area contributed by atoms with Crippen LogP contribution in [0.3, 0.4) is 0 Å². The minimum atomic E-state index is -0.115. The smallest absolute Gasteiger partial charge is 0.323 e. The topological polar surface area (TPSA) is 77.2 Å². The molecular weight excluding hydrogens is 292 g/mol. The van der Waals surface area contributed by atoms with E-state index in [-0.39, 0.29) is 12.1 Å². The van der Waals surface area contributed by atoms with Crippen molar-refractivity contribution in [3.63, 3.8) is 0 Å². The van der Waals surface area contributed by atoms with Crippen LogP contribution in [0.1, 0.15) is 24.5 Å². The number of hydrogen-bond donors (Lipinski definition) is 2. The molecule has 23 heavy (non-hydrogen) atoms. The lowest BCUT2D eigenvalue weighted by Crippen LogP contribution is -2.51. The number of pyridine rings is 1. The van der Waals surface area contributed by atoms with Crippen LogP contribution in [0.2, 0.25) is 0 Å². The zero-order chi connectivity index (χ0) is 16.2. The van der Waals surface area contributed by atoms with Crippen molar-refractivity contribution in [1.82, 2.24) is 24.8 Å².